The molecule has 6 nitrogen and oxygen atoms in total. The van der Waals surface area contributed by atoms with Crippen LogP contribution in [0.4, 0.5) is 5.69 Å². The van der Waals surface area contributed by atoms with E-state index in [1.54, 1.807) is 25.3 Å². The zero-order valence-electron chi connectivity index (χ0n) is 19.2. The number of aromatic nitrogens is 1. The highest BCUT2D eigenvalue weighted by atomic mass is 16.5. The number of rotatable bonds is 9. The van der Waals surface area contributed by atoms with Crippen LogP contribution >= 0.6 is 0 Å². The third-order valence-corrected chi connectivity index (χ3v) is 5.41. The van der Waals surface area contributed by atoms with Gasteiger partial charge in [-0.25, -0.2) is 0 Å². The zero-order valence-corrected chi connectivity index (χ0v) is 19.2. The van der Waals surface area contributed by atoms with E-state index < -0.39 is 0 Å². The number of anilines is 1. The van der Waals surface area contributed by atoms with Crippen molar-refractivity contribution in [2.45, 2.75) is 13.0 Å². The maximum Gasteiger partial charge on any atom is 0.255 e. The van der Waals surface area contributed by atoms with Gasteiger partial charge in [0.05, 0.1) is 7.11 Å². The van der Waals surface area contributed by atoms with Gasteiger partial charge in [-0.3, -0.25) is 4.79 Å². The number of benzene rings is 3. The van der Waals surface area contributed by atoms with E-state index in [0.717, 1.165) is 30.6 Å². The quantitative estimate of drug-likeness (QED) is 0.363. The number of ether oxygens (including phenoxy) is 2. The molecule has 1 aromatic heterocycles. The summed E-state index contributed by atoms with van der Waals surface area (Å²) in [4.78, 5) is 14.9. The van der Waals surface area contributed by atoms with E-state index >= 15 is 0 Å². The lowest BCUT2D eigenvalue weighted by Crippen LogP contribution is -2.14. The first-order chi connectivity index (χ1) is 16.0. The van der Waals surface area contributed by atoms with Crippen LogP contribution in [0.3, 0.4) is 0 Å². The van der Waals surface area contributed by atoms with E-state index in [0.29, 0.717) is 22.7 Å². The summed E-state index contributed by atoms with van der Waals surface area (Å²) in [5.74, 6) is 1.82. The molecule has 1 heterocycles. The lowest BCUT2D eigenvalue weighted by molar-refractivity contribution is 0.102. The van der Waals surface area contributed by atoms with Gasteiger partial charge in [0.1, 0.15) is 17.2 Å². The van der Waals surface area contributed by atoms with Crippen molar-refractivity contribution in [2.75, 3.05) is 33.1 Å². The van der Waals surface area contributed by atoms with E-state index in [4.69, 9.17) is 9.47 Å². The van der Waals surface area contributed by atoms with Gasteiger partial charge < -0.3 is 24.3 Å². The second-order valence-electron chi connectivity index (χ2n) is 8.20. The van der Waals surface area contributed by atoms with Gasteiger partial charge in [0.15, 0.2) is 0 Å². The second kappa shape index (κ2) is 10.2. The molecule has 0 atom stereocenters. The molecular weight excluding hydrogens is 414 g/mol. The Kier molecular flexibility index (Phi) is 6.95. The average molecular weight is 444 g/mol. The summed E-state index contributed by atoms with van der Waals surface area (Å²) in [7, 11) is 5.78. The Morgan fingerprint density at radius 2 is 1.73 bits per heavy atom. The molecule has 1 amide bonds. The molecule has 6 heteroatoms. The summed E-state index contributed by atoms with van der Waals surface area (Å²) in [5, 5.41) is 4.02. The molecule has 0 saturated carbocycles. The number of hydrogen-bond donors (Lipinski definition) is 1. The molecule has 170 valence electrons. The monoisotopic (exact) mass is 443 g/mol. The number of fused-ring (bicyclic) bond motifs is 1. The van der Waals surface area contributed by atoms with Crippen LogP contribution in [0.2, 0.25) is 0 Å². The van der Waals surface area contributed by atoms with Crippen molar-refractivity contribution >= 4 is 22.5 Å². The number of carbonyl (C=O) groups excluding carboxylic acids is 1. The molecular formula is C27H29N3O3. The van der Waals surface area contributed by atoms with Crippen molar-refractivity contribution in [3.05, 3.63) is 84.6 Å². The number of nitrogens with zero attached hydrogens (tertiary/aromatic N) is 2. The fourth-order valence-corrected chi connectivity index (χ4v) is 3.73. The van der Waals surface area contributed by atoms with E-state index in [1.807, 2.05) is 42.5 Å². The number of methoxy groups -OCH3 is 1. The minimum atomic E-state index is -0.209. The summed E-state index contributed by atoms with van der Waals surface area (Å²) in [6.07, 6.45) is 3.22. The molecule has 0 aliphatic carbocycles. The molecule has 3 aromatic carbocycles. The first kappa shape index (κ1) is 22.4. The average Bonchev–Trinajstić information content (AvgIpc) is 3.21. The van der Waals surface area contributed by atoms with Gasteiger partial charge in [-0.1, -0.05) is 12.1 Å². The van der Waals surface area contributed by atoms with Crippen LogP contribution in [0.25, 0.3) is 10.9 Å². The molecule has 0 fully saturated rings. The van der Waals surface area contributed by atoms with Gasteiger partial charge in [-0.15, -0.1) is 0 Å². The predicted molar refractivity (Wildman–Crippen MR) is 133 cm³/mol. The molecule has 0 unspecified atom stereocenters. The molecule has 33 heavy (non-hydrogen) atoms. The summed E-state index contributed by atoms with van der Waals surface area (Å²) in [5.41, 5.74) is 2.38. The SMILES string of the molecule is COc1cccc(NC(=O)c2cccc(Oc3ccc4c(ccn4CCCN(C)C)c3)c2)c1. The first-order valence-electron chi connectivity index (χ1n) is 11.0. The van der Waals surface area contributed by atoms with Crippen LogP contribution in [-0.2, 0) is 6.54 Å². The maximum atomic E-state index is 12.7. The minimum absolute atomic E-state index is 0.209. The second-order valence-corrected chi connectivity index (χ2v) is 8.20. The van der Waals surface area contributed by atoms with Crippen molar-refractivity contribution in [1.29, 1.82) is 0 Å². The van der Waals surface area contributed by atoms with Gasteiger partial charge >= 0.3 is 0 Å². The van der Waals surface area contributed by atoms with Gasteiger partial charge in [0.25, 0.3) is 5.91 Å². The fourth-order valence-electron chi connectivity index (χ4n) is 3.73. The molecule has 0 aliphatic rings. The summed E-state index contributed by atoms with van der Waals surface area (Å²) >= 11 is 0. The van der Waals surface area contributed by atoms with E-state index in [9.17, 15) is 4.79 Å². The van der Waals surface area contributed by atoms with Crippen molar-refractivity contribution < 1.29 is 14.3 Å². The standard InChI is InChI=1S/C27H29N3O3/c1-29(2)14-6-15-30-16-13-20-17-25(11-12-26(20)30)33-24-10-4-7-21(18-24)27(31)28-22-8-5-9-23(19-22)32-3/h4-5,7-13,16-19H,6,14-15H2,1-3H3,(H,28,31). The molecule has 1 N–H and O–H groups in total. The normalized spacial score (nSPS) is 11.0. The smallest absolute Gasteiger partial charge is 0.255 e. The minimum Gasteiger partial charge on any atom is -0.497 e. The van der Waals surface area contributed by atoms with Gasteiger partial charge in [0.2, 0.25) is 0 Å². The van der Waals surface area contributed by atoms with Crippen LogP contribution in [0, 0.1) is 0 Å². The maximum absolute atomic E-state index is 12.7. The van der Waals surface area contributed by atoms with Crippen molar-refractivity contribution in [2.24, 2.45) is 0 Å². The number of carbonyl (C=O) groups is 1. The molecule has 0 aliphatic heterocycles. The van der Waals surface area contributed by atoms with E-state index in [-0.39, 0.29) is 5.91 Å². The molecule has 0 spiro atoms. The Morgan fingerprint density at radius 3 is 2.55 bits per heavy atom. The zero-order chi connectivity index (χ0) is 23.2. The van der Waals surface area contributed by atoms with Crippen LogP contribution in [0.15, 0.2) is 79.0 Å². The summed E-state index contributed by atoms with van der Waals surface area (Å²) in [6.45, 7) is 2.04. The fraction of sp³-hybridized carbons (Fsp3) is 0.222. The Labute approximate surface area is 194 Å². The third-order valence-electron chi connectivity index (χ3n) is 5.41. The number of amides is 1. The first-order valence-corrected chi connectivity index (χ1v) is 11.0. The summed E-state index contributed by atoms with van der Waals surface area (Å²) < 4.78 is 13.6. The van der Waals surface area contributed by atoms with Crippen molar-refractivity contribution in [3.63, 3.8) is 0 Å². The third kappa shape index (κ3) is 5.73. The van der Waals surface area contributed by atoms with Crippen LogP contribution in [0.1, 0.15) is 16.8 Å². The lowest BCUT2D eigenvalue weighted by atomic mass is 10.2. The van der Waals surface area contributed by atoms with Gasteiger partial charge in [-0.05, 0) is 81.7 Å². The lowest BCUT2D eigenvalue weighted by Gasteiger charge is -2.11. The largest absolute Gasteiger partial charge is 0.497 e. The highest BCUT2D eigenvalue weighted by molar-refractivity contribution is 6.04. The highest BCUT2D eigenvalue weighted by Gasteiger charge is 2.09. The Hall–Kier alpha value is -3.77. The van der Waals surface area contributed by atoms with Crippen LogP contribution < -0.4 is 14.8 Å². The van der Waals surface area contributed by atoms with E-state index in [2.05, 4.69) is 47.2 Å². The van der Waals surface area contributed by atoms with Crippen LogP contribution in [-0.4, -0.2) is 43.1 Å². The molecule has 0 saturated heterocycles. The molecule has 0 bridgehead atoms. The van der Waals surface area contributed by atoms with E-state index in [1.165, 1.54) is 5.52 Å². The molecule has 4 rings (SSSR count). The predicted octanol–water partition coefficient (Wildman–Crippen LogP) is 5.65. The Balaban J connectivity index is 1.44. The number of nitrogens with one attached hydrogen (secondary N) is 1. The number of hydrogen-bond acceptors (Lipinski definition) is 4. The topological polar surface area (TPSA) is 55.7 Å². The van der Waals surface area contributed by atoms with Gasteiger partial charge in [-0.2, -0.15) is 0 Å². The number of aryl methyl sites for hydroxylation is 1. The molecule has 4 aromatic rings. The Bertz CT molecular complexity index is 1250. The van der Waals surface area contributed by atoms with Crippen molar-refractivity contribution in [3.8, 4) is 17.2 Å². The van der Waals surface area contributed by atoms with Crippen molar-refractivity contribution in [1.82, 2.24) is 9.47 Å². The van der Waals surface area contributed by atoms with Crippen LogP contribution in [0.5, 0.6) is 17.2 Å². The highest BCUT2D eigenvalue weighted by Crippen LogP contribution is 2.27. The molecule has 0 radical (unpaired) electrons. The Morgan fingerprint density at radius 1 is 0.939 bits per heavy atom. The van der Waals surface area contributed by atoms with Gasteiger partial charge in [0, 0.05) is 41.0 Å². The summed E-state index contributed by atoms with van der Waals surface area (Å²) in [6, 6.07) is 22.6.